The number of nitrogens with zero attached hydrogens (tertiary/aromatic N) is 1. The van der Waals surface area contributed by atoms with E-state index < -0.39 is 0 Å². The highest BCUT2D eigenvalue weighted by molar-refractivity contribution is 5.84. The highest BCUT2D eigenvalue weighted by atomic mass is 14.9. The zero-order valence-electron chi connectivity index (χ0n) is 14.7. The van der Waals surface area contributed by atoms with Gasteiger partial charge in [0.15, 0.2) is 0 Å². The zero-order chi connectivity index (χ0) is 18.2. The number of benzene rings is 3. The van der Waals surface area contributed by atoms with Crippen LogP contribution in [0.5, 0.6) is 0 Å². The predicted molar refractivity (Wildman–Crippen MR) is 110 cm³/mol. The molecule has 0 amide bonds. The van der Waals surface area contributed by atoms with Gasteiger partial charge in [-0.05, 0) is 35.7 Å². The first-order valence-electron chi connectivity index (χ1n) is 8.52. The predicted octanol–water partition coefficient (Wildman–Crippen LogP) is 6.14. The Balaban J connectivity index is 1.94. The molecule has 0 aliphatic rings. The third kappa shape index (κ3) is 4.49. The maximum Gasteiger partial charge on any atom is 0.0934 e. The first kappa shape index (κ1) is 17.3. The van der Waals surface area contributed by atoms with Crippen molar-refractivity contribution in [2.24, 2.45) is 0 Å². The van der Waals surface area contributed by atoms with Crippen LogP contribution in [0.3, 0.4) is 0 Å². The van der Waals surface area contributed by atoms with Crippen molar-refractivity contribution in [2.75, 3.05) is 5.32 Å². The van der Waals surface area contributed by atoms with Crippen LogP contribution < -0.4 is 5.32 Å². The van der Waals surface area contributed by atoms with Gasteiger partial charge in [-0.3, -0.25) is 0 Å². The second-order valence-electron chi connectivity index (χ2n) is 6.01. The Bertz CT molecular complexity index is 962. The Hall–Kier alpha value is -3.57. The molecule has 0 unspecified atom stereocenters. The minimum absolute atomic E-state index is 0.784. The fraction of sp³-hybridized carbons (Fsp3) is 0.0417. The summed E-state index contributed by atoms with van der Waals surface area (Å²) in [6, 6.07) is 28.5. The van der Waals surface area contributed by atoms with E-state index in [9.17, 15) is 0 Å². The van der Waals surface area contributed by atoms with E-state index in [2.05, 4.69) is 54.7 Å². The van der Waals surface area contributed by atoms with Crippen molar-refractivity contribution in [3.8, 4) is 6.07 Å². The van der Waals surface area contributed by atoms with Crippen LogP contribution in [0.2, 0.25) is 0 Å². The Morgan fingerprint density at radius 2 is 1.58 bits per heavy atom. The summed E-state index contributed by atoms with van der Waals surface area (Å²) in [5.41, 5.74) is 6.14. The topological polar surface area (TPSA) is 35.8 Å². The number of aryl methyl sites for hydroxylation is 1. The van der Waals surface area contributed by atoms with Gasteiger partial charge in [0.05, 0.1) is 11.8 Å². The molecule has 0 saturated carbocycles. The molecule has 2 nitrogen and oxygen atoms in total. The first-order valence-corrected chi connectivity index (χ1v) is 8.52. The number of hydrogen-bond acceptors (Lipinski definition) is 2. The molecule has 1 N–H and O–H groups in total. The molecule has 0 saturated heterocycles. The van der Waals surface area contributed by atoms with E-state index in [1.54, 1.807) is 6.08 Å². The van der Waals surface area contributed by atoms with E-state index in [-0.39, 0.29) is 0 Å². The van der Waals surface area contributed by atoms with Gasteiger partial charge in [-0.1, -0.05) is 84.4 Å². The molecule has 3 rings (SSSR count). The molecule has 0 aliphatic carbocycles. The number of nitrogens with one attached hydrogen (secondary N) is 1. The van der Waals surface area contributed by atoms with E-state index >= 15 is 0 Å². The van der Waals surface area contributed by atoms with Gasteiger partial charge in [-0.2, -0.15) is 5.26 Å². The molecule has 0 atom stereocenters. The smallest absolute Gasteiger partial charge is 0.0934 e. The summed E-state index contributed by atoms with van der Waals surface area (Å²) in [4.78, 5) is 0. The molecule has 0 spiro atoms. The molecule has 126 valence electrons. The van der Waals surface area contributed by atoms with Crippen LogP contribution in [-0.2, 0) is 0 Å². The van der Waals surface area contributed by atoms with E-state index in [4.69, 9.17) is 5.26 Å². The molecule has 0 aromatic heterocycles. The summed E-state index contributed by atoms with van der Waals surface area (Å²) in [7, 11) is 0. The number of anilines is 1. The van der Waals surface area contributed by atoms with Crippen LogP contribution in [-0.4, -0.2) is 0 Å². The lowest BCUT2D eigenvalue weighted by Crippen LogP contribution is -2.00. The molecule has 26 heavy (non-hydrogen) atoms. The van der Waals surface area contributed by atoms with Crippen molar-refractivity contribution >= 4 is 23.5 Å². The molecular formula is C24H20N2. The van der Waals surface area contributed by atoms with Crippen LogP contribution in [0.1, 0.15) is 22.3 Å². The van der Waals surface area contributed by atoms with Crippen LogP contribution in [0.25, 0.3) is 17.8 Å². The van der Waals surface area contributed by atoms with Gasteiger partial charge in [0.25, 0.3) is 0 Å². The Morgan fingerprint density at radius 1 is 0.885 bits per heavy atom. The van der Waals surface area contributed by atoms with Crippen LogP contribution in [0.4, 0.5) is 5.69 Å². The van der Waals surface area contributed by atoms with Crippen molar-refractivity contribution in [1.82, 2.24) is 0 Å². The lowest BCUT2D eigenvalue weighted by Gasteiger charge is -2.14. The fourth-order valence-corrected chi connectivity index (χ4v) is 2.70. The van der Waals surface area contributed by atoms with E-state index in [0.29, 0.717) is 0 Å². The average Bonchev–Trinajstić information content (AvgIpc) is 2.69. The first-order chi connectivity index (χ1) is 12.8. The van der Waals surface area contributed by atoms with E-state index in [0.717, 1.165) is 28.1 Å². The molecule has 0 radical (unpaired) electrons. The largest absolute Gasteiger partial charge is 0.354 e. The molecule has 3 aromatic carbocycles. The highest BCUT2D eigenvalue weighted by Gasteiger charge is 2.05. The lowest BCUT2D eigenvalue weighted by molar-refractivity contribution is 1.44. The molecule has 0 aliphatic heterocycles. The molecule has 2 heteroatoms. The maximum atomic E-state index is 9.16. The summed E-state index contributed by atoms with van der Waals surface area (Å²) < 4.78 is 0. The summed E-state index contributed by atoms with van der Waals surface area (Å²) in [5, 5.41) is 12.6. The SMILES string of the molecule is Cc1ccc(N/C(=C\C#N)c2ccccc2)c(/C=C/c2ccccc2)c1. The number of rotatable bonds is 5. The maximum absolute atomic E-state index is 9.16. The van der Waals surface area contributed by atoms with E-state index in [1.807, 2.05) is 54.6 Å². The molecule has 3 aromatic rings. The second kappa shape index (κ2) is 8.50. The molecule has 0 bridgehead atoms. The van der Waals surface area contributed by atoms with Gasteiger partial charge in [0, 0.05) is 11.8 Å². The summed E-state index contributed by atoms with van der Waals surface area (Å²) in [5.74, 6) is 0. The van der Waals surface area contributed by atoms with E-state index in [1.165, 1.54) is 5.56 Å². The van der Waals surface area contributed by atoms with Crippen molar-refractivity contribution in [2.45, 2.75) is 6.92 Å². The minimum atomic E-state index is 0.784. The molecular weight excluding hydrogens is 316 g/mol. The summed E-state index contributed by atoms with van der Waals surface area (Å²) in [6.45, 7) is 2.08. The Kier molecular flexibility index (Phi) is 5.65. The van der Waals surface area contributed by atoms with Crippen LogP contribution >= 0.6 is 0 Å². The zero-order valence-corrected chi connectivity index (χ0v) is 14.7. The Labute approximate surface area is 154 Å². The third-order valence-electron chi connectivity index (χ3n) is 4.03. The van der Waals surface area contributed by atoms with Gasteiger partial charge in [-0.25, -0.2) is 0 Å². The third-order valence-corrected chi connectivity index (χ3v) is 4.03. The Morgan fingerprint density at radius 3 is 2.27 bits per heavy atom. The van der Waals surface area contributed by atoms with Crippen molar-refractivity contribution < 1.29 is 0 Å². The van der Waals surface area contributed by atoms with Gasteiger partial charge >= 0.3 is 0 Å². The summed E-state index contributed by atoms with van der Waals surface area (Å²) >= 11 is 0. The van der Waals surface area contributed by atoms with Crippen LogP contribution in [0, 0.1) is 18.3 Å². The number of allylic oxidation sites excluding steroid dienone is 1. The van der Waals surface area contributed by atoms with Crippen LogP contribution in [0.15, 0.2) is 84.9 Å². The fourth-order valence-electron chi connectivity index (χ4n) is 2.70. The van der Waals surface area contributed by atoms with Gasteiger partial charge in [-0.15, -0.1) is 0 Å². The standard InChI is InChI=1S/C24H20N2/c1-19-12-15-23(22(18-19)14-13-20-8-4-2-5-9-20)26-24(16-17-25)21-10-6-3-7-11-21/h2-16,18,26H,1H3/b14-13+,24-16-. The number of hydrogen-bond donors (Lipinski definition) is 1. The van der Waals surface area contributed by atoms with Crippen molar-refractivity contribution in [3.63, 3.8) is 0 Å². The average molecular weight is 336 g/mol. The monoisotopic (exact) mass is 336 g/mol. The molecule has 0 heterocycles. The van der Waals surface area contributed by atoms with Gasteiger partial charge in [0.1, 0.15) is 0 Å². The van der Waals surface area contributed by atoms with Gasteiger partial charge < -0.3 is 5.32 Å². The minimum Gasteiger partial charge on any atom is -0.354 e. The summed E-state index contributed by atoms with van der Waals surface area (Å²) in [6.07, 6.45) is 5.73. The van der Waals surface area contributed by atoms with Gasteiger partial charge in [0.2, 0.25) is 0 Å². The molecule has 0 fully saturated rings. The number of nitriles is 1. The second-order valence-corrected chi connectivity index (χ2v) is 6.01. The quantitative estimate of drug-likeness (QED) is 0.448. The van der Waals surface area contributed by atoms with Crippen molar-refractivity contribution in [3.05, 3.63) is 107 Å². The normalized spacial score (nSPS) is 11.3. The lowest BCUT2D eigenvalue weighted by atomic mass is 10.1. The van der Waals surface area contributed by atoms with Crippen molar-refractivity contribution in [1.29, 1.82) is 5.26 Å². The highest BCUT2D eigenvalue weighted by Crippen LogP contribution is 2.25.